The van der Waals surface area contributed by atoms with Crippen LogP contribution >= 0.6 is 0 Å². The Kier molecular flexibility index (Phi) is 38.3. The predicted octanol–water partition coefficient (Wildman–Crippen LogP) is 11.0. The molecule has 0 aromatic rings. The monoisotopic (exact) mass is 861 g/mol. The van der Waals surface area contributed by atoms with Gasteiger partial charge in [0.25, 0.3) is 0 Å². The van der Waals surface area contributed by atoms with Crippen LogP contribution in [0.25, 0.3) is 0 Å². The molecule has 0 aromatic carbocycles. The van der Waals surface area contributed by atoms with Crippen molar-refractivity contribution in [3.05, 3.63) is 60.8 Å². The van der Waals surface area contributed by atoms with Gasteiger partial charge in [0.2, 0.25) is 0 Å². The Balaban J connectivity index is 2.35. The van der Waals surface area contributed by atoms with Crippen LogP contribution in [-0.4, -0.2) is 89.0 Å². The lowest BCUT2D eigenvalue weighted by atomic mass is 9.99. The zero-order chi connectivity index (χ0) is 44.4. The molecule has 10 heteroatoms. The van der Waals surface area contributed by atoms with E-state index in [0.29, 0.717) is 19.3 Å². The molecule has 6 atom stereocenters. The van der Waals surface area contributed by atoms with Crippen LogP contribution in [0, 0.1) is 0 Å². The highest BCUT2D eigenvalue weighted by molar-refractivity contribution is 5.70. The van der Waals surface area contributed by atoms with Crippen LogP contribution in [0.3, 0.4) is 0 Å². The lowest BCUT2D eigenvalue weighted by Crippen LogP contribution is -2.59. The SMILES string of the molecule is CCCCCC/C=C/CCCCCCCCCC(=O)OC[C@H](CO[C@@H]1O[C@H](CO)[C@H](O)C(O)C1O)OC(=O)CCC/C=C/C/C=C/C/C=C/C/C=C/CCCCCCCCC. The predicted molar refractivity (Wildman–Crippen MR) is 247 cm³/mol. The van der Waals surface area contributed by atoms with Crippen LogP contribution in [0.1, 0.15) is 194 Å². The first-order valence-corrected chi connectivity index (χ1v) is 24.4. The third-order valence-corrected chi connectivity index (χ3v) is 10.9. The average molecular weight is 861 g/mol. The summed E-state index contributed by atoms with van der Waals surface area (Å²) < 4.78 is 22.1. The first-order chi connectivity index (χ1) is 29.8. The number of rotatable bonds is 40. The number of carbonyl (C=O) groups excluding carboxylic acids is 2. The third kappa shape index (κ3) is 32.7. The molecular weight excluding hydrogens is 773 g/mol. The quantitative estimate of drug-likeness (QED) is 0.0266. The Labute approximate surface area is 370 Å². The van der Waals surface area contributed by atoms with Crippen LogP contribution in [0.2, 0.25) is 0 Å². The molecule has 0 amide bonds. The van der Waals surface area contributed by atoms with E-state index in [0.717, 1.165) is 44.9 Å². The molecule has 1 heterocycles. The molecule has 0 aromatic heterocycles. The van der Waals surface area contributed by atoms with Crippen molar-refractivity contribution in [3.63, 3.8) is 0 Å². The molecular formula is C51H88O10. The summed E-state index contributed by atoms with van der Waals surface area (Å²) >= 11 is 0. The van der Waals surface area contributed by atoms with E-state index in [1.807, 2.05) is 6.08 Å². The van der Waals surface area contributed by atoms with Gasteiger partial charge in [0.05, 0.1) is 13.2 Å². The van der Waals surface area contributed by atoms with Crippen molar-refractivity contribution < 1.29 is 49.0 Å². The van der Waals surface area contributed by atoms with E-state index in [4.69, 9.17) is 18.9 Å². The maximum Gasteiger partial charge on any atom is 0.306 e. The van der Waals surface area contributed by atoms with Gasteiger partial charge < -0.3 is 39.4 Å². The highest BCUT2D eigenvalue weighted by Gasteiger charge is 2.44. The molecule has 10 nitrogen and oxygen atoms in total. The first kappa shape index (κ1) is 56.4. The minimum Gasteiger partial charge on any atom is -0.462 e. The van der Waals surface area contributed by atoms with Gasteiger partial charge in [-0.2, -0.15) is 0 Å². The zero-order valence-electron chi connectivity index (χ0n) is 38.4. The molecule has 0 spiro atoms. The summed E-state index contributed by atoms with van der Waals surface area (Å²) in [6.07, 6.45) is 43.7. The number of unbranched alkanes of at least 4 members (excludes halogenated alkanes) is 19. The Bertz CT molecular complexity index is 1180. The Morgan fingerprint density at radius 2 is 0.934 bits per heavy atom. The van der Waals surface area contributed by atoms with Crippen molar-refractivity contribution in [3.8, 4) is 0 Å². The van der Waals surface area contributed by atoms with E-state index in [2.05, 4.69) is 68.5 Å². The fraction of sp³-hybridized carbons (Fsp3) is 0.765. The molecule has 1 aliphatic heterocycles. The molecule has 1 saturated heterocycles. The molecule has 4 N–H and O–H groups in total. The van der Waals surface area contributed by atoms with Gasteiger partial charge >= 0.3 is 11.9 Å². The standard InChI is InChI=1S/C51H88O10/c1-3-5-7-9-11-13-15-17-19-20-21-22-23-24-26-28-30-32-34-36-38-40-47(54)60-44(43-59-51-50(57)49(56)48(55)45(41-52)61-51)42-58-46(53)39-37-35-33-31-29-27-25-18-16-14-12-10-8-6-4-2/h14,16,19-20,22-23,26,28,32,34,44-45,48-52,55-57H,3-13,15,17-18,21,24-25,27,29-31,33,35-43H2,1-2H3/b16-14+,20-19+,23-22+,28-26+,34-32+/t44-,45-,48+,49?,50?,51-/m1/s1. The Hall–Kier alpha value is -2.60. The van der Waals surface area contributed by atoms with Gasteiger partial charge in [-0.1, -0.05) is 164 Å². The number of ether oxygens (including phenoxy) is 4. The summed E-state index contributed by atoms with van der Waals surface area (Å²) in [4.78, 5) is 25.4. The number of hydrogen-bond acceptors (Lipinski definition) is 10. The molecule has 61 heavy (non-hydrogen) atoms. The van der Waals surface area contributed by atoms with Gasteiger partial charge in [0, 0.05) is 12.8 Å². The lowest BCUT2D eigenvalue weighted by Gasteiger charge is -2.39. The van der Waals surface area contributed by atoms with E-state index in [1.165, 1.54) is 103 Å². The van der Waals surface area contributed by atoms with Gasteiger partial charge in [-0.3, -0.25) is 9.59 Å². The van der Waals surface area contributed by atoms with Crippen LogP contribution < -0.4 is 0 Å². The Morgan fingerprint density at radius 1 is 0.508 bits per heavy atom. The van der Waals surface area contributed by atoms with Gasteiger partial charge in [-0.05, 0) is 77.0 Å². The molecule has 1 rings (SSSR count). The van der Waals surface area contributed by atoms with Gasteiger partial charge in [-0.15, -0.1) is 0 Å². The molecule has 1 aliphatic rings. The average Bonchev–Trinajstić information content (AvgIpc) is 3.26. The van der Waals surface area contributed by atoms with Crippen LogP contribution in [0.4, 0.5) is 0 Å². The van der Waals surface area contributed by atoms with E-state index in [9.17, 15) is 30.0 Å². The number of allylic oxidation sites excluding steroid dienone is 10. The molecule has 1 fully saturated rings. The number of carbonyl (C=O) groups is 2. The highest BCUT2D eigenvalue weighted by Crippen LogP contribution is 2.22. The molecule has 352 valence electrons. The number of hydrogen-bond donors (Lipinski definition) is 4. The zero-order valence-corrected chi connectivity index (χ0v) is 38.4. The second kappa shape index (κ2) is 41.4. The second-order valence-corrected chi connectivity index (χ2v) is 16.6. The van der Waals surface area contributed by atoms with Crippen LogP contribution in [-0.2, 0) is 28.5 Å². The largest absolute Gasteiger partial charge is 0.462 e. The van der Waals surface area contributed by atoms with Crippen molar-refractivity contribution in [2.75, 3.05) is 19.8 Å². The highest BCUT2D eigenvalue weighted by atomic mass is 16.7. The normalized spacial score (nSPS) is 20.3. The van der Waals surface area contributed by atoms with Crippen LogP contribution in [0.15, 0.2) is 60.8 Å². The maximum absolute atomic E-state index is 12.8. The minimum atomic E-state index is -1.61. The molecule has 0 saturated carbocycles. The number of aliphatic hydroxyl groups excluding tert-OH is 4. The Morgan fingerprint density at radius 3 is 1.46 bits per heavy atom. The summed E-state index contributed by atoms with van der Waals surface area (Å²) in [5.41, 5.74) is 0. The van der Waals surface area contributed by atoms with Crippen molar-refractivity contribution >= 4 is 11.9 Å². The van der Waals surface area contributed by atoms with Crippen LogP contribution in [0.5, 0.6) is 0 Å². The van der Waals surface area contributed by atoms with E-state index in [-0.39, 0.29) is 26.1 Å². The van der Waals surface area contributed by atoms with Crippen molar-refractivity contribution in [1.82, 2.24) is 0 Å². The fourth-order valence-corrected chi connectivity index (χ4v) is 7.00. The van der Waals surface area contributed by atoms with E-state index in [1.54, 1.807) is 0 Å². The van der Waals surface area contributed by atoms with Crippen molar-refractivity contribution in [2.24, 2.45) is 0 Å². The second-order valence-electron chi connectivity index (χ2n) is 16.6. The van der Waals surface area contributed by atoms with E-state index < -0.39 is 55.4 Å². The van der Waals surface area contributed by atoms with Crippen molar-refractivity contribution in [2.45, 2.75) is 230 Å². The third-order valence-electron chi connectivity index (χ3n) is 10.9. The molecule has 0 radical (unpaired) electrons. The van der Waals surface area contributed by atoms with Gasteiger partial charge in [-0.25, -0.2) is 0 Å². The summed E-state index contributed by atoms with van der Waals surface area (Å²) in [7, 11) is 0. The van der Waals surface area contributed by atoms with Crippen molar-refractivity contribution in [1.29, 1.82) is 0 Å². The molecule has 0 bridgehead atoms. The first-order valence-electron chi connectivity index (χ1n) is 24.4. The minimum absolute atomic E-state index is 0.152. The molecule has 2 unspecified atom stereocenters. The summed E-state index contributed by atoms with van der Waals surface area (Å²) in [5, 5.41) is 40.1. The topological polar surface area (TPSA) is 152 Å². The number of aliphatic hydroxyl groups is 4. The lowest BCUT2D eigenvalue weighted by molar-refractivity contribution is -0.305. The number of esters is 2. The fourth-order valence-electron chi connectivity index (χ4n) is 7.00. The van der Waals surface area contributed by atoms with E-state index >= 15 is 0 Å². The summed E-state index contributed by atoms with van der Waals surface area (Å²) in [6, 6.07) is 0. The summed E-state index contributed by atoms with van der Waals surface area (Å²) in [6.45, 7) is 3.35. The maximum atomic E-state index is 12.8. The summed E-state index contributed by atoms with van der Waals surface area (Å²) in [5.74, 6) is -0.878. The smallest absolute Gasteiger partial charge is 0.306 e. The molecule has 0 aliphatic carbocycles. The van der Waals surface area contributed by atoms with Gasteiger partial charge in [0.15, 0.2) is 12.4 Å². The van der Waals surface area contributed by atoms with Gasteiger partial charge in [0.1, 0.15) is 31.0 Å².